The van der Waals surface area contributed by atoms with Crippen molar-refractivity contribution < 1.29 is 14.0 Å². The van der Waals surface area contributed by atoms with Crippen LogP contribution in [0.3, 0.4) is 0 Å². The van der Waals surface area contributed by atoms with Gasteiger partial charge in [-0.1, -0.05) is 24.3 Å². The molecular weight excluding hydrogens is 401 g/mol. The first kappa shape index (κ1) is 19.9. The Labute approximate surface area is 175 Å². The highest BCUT2D eigenvalue weighted by Gasteiger charge is 2.14. The number of halogens is 1. The molecular formula is C22H16FN5O3. The fraction of sp³-hybridized carbons (Fsp3) is 0.0455. The standard InChI is InChI=1S/C22H16FN5O3/c23-15-8-9-17(27-21(30)18-7-3-4-10-24-18)19(11-15)26-20(29)13-28-22(31)16-6-2-1-5-14(16)12-25-28/h1-12H,13H2,(H,26,29)(H,27,30). The van der Waals surface area contributed by atoms with E-state index in [0.29, 0.717) is 10.8 Å². The Bertz CT molecular complexity index is 1340. The summed E-state index contributed by atoms with van der Waals surface area (Å²) in [7, 11) is 0. The second kappa shape index (κ2) is 8.54. The van der Waals surface area contributed by atoms with Crippen LogP contribution in [0.25, 0.3) is 10.8 Å². The van der Waals surface area contributed by atoms with Crippen molar-refractivity contribution in [3.8, 4) is 0 Å². The molecule has 0 aliphatic rings. The number of nitrogens with zero attached hydrogens (tertiary/aromatic N) is 3. The molecule has 154 valence electrons. The lowest BCUT2D eigenvalue weighted by molar-refractivity contribution is -0.117. The maximum atomic E-state index is 13.8. The Kier molecular flexibility index (Phi) is 5.48. The van der Waals surface area contributed by atoms with Crippen LogP contribution in [0.1, 0.15) is 10.5 Å². The molecule has 2 aromatic carbocycles. The Balaban J connectivity index is 1.54. The van der Waals surface area contributed by atoms with E-state index in [0.717, 1.165) is 16.8 Å². The molecule has 0 unspecified atom stereocenters. The van der Waals surface area contributed by atoms with Crippen LogP contribution >= 0.6 is 0 Å². The van der Waals surface area contributed by atoms with Gasteiger partial charge in [-0.2, -0.15) is 5.10 Å². The summed E-state index contributed by atoms with van der Waals surface area (Å²) in [4.78, 5) is 41.4. The average molecular weight is 417 g/mol. The summed E-state index contributed by atoms with van der Waals surface area (Å²) in [6.45, 7) is -0.381. The van der Waals surface area contributed by atoms with Crippen LogP contribution in [0.4, 0.5) is 15.8 Å². The molecule has 8 nitrogen and oxygen atoms in total. The lowest BCUT2D eigenvalue weighted by atomic mass is 10.2. The molecule has 0 spiro atoms. The first-order valence-corrected chi connectivity index (χ1v) is 9.28. The van der Waals surface area contributed by atoms with E-state index in [-0.39, 0.29) is 23.6 Å². The molecule has 0 aliphatic heterocycles. The van der Waals surface area contributed by atoms with E-state index >= 15 is 0 Å². The van der Waals surface area contributed by atoms with E-state index in [9.17, 15) is 18.8 Å². The maximum absolute atomic E-state index is 13.8. The van der Waals surface area contributed by atoms with Gasteiger partial charge >= 0.3 is 0 Å². The molecule has 0 atom stereocenters. The fourth-order valence-electron chi connectivity index (χ4n) is 2.98. The molecule has 0 aliphatic carbocycles. The van der Waals surface area contributed by atoms with Crippen LogP contribution in [0, 0.1) is 5.82 Å². The smallest absolute Gasteiger partial charge is 0.275 e. The van der Waals surface area contributed by atoms with Crippen molar-refractivity contribution in [2.45, 2.75) is 6.54 Å². The third-order valence-electron chi connectivity index (χ3n) is 4.46. The van der Waals surface area contributed by atoms with Crippen LogP contribution in [-0.2, 0) is 11.3 Å². The van der Waals surface area contributed by atoms with E-state index in [4.69, 9.17) is 0 Å². The van der Waals surface area contributed by atoms with Crippen molar-refractivity contribution in [3.63, 3.8) is 0 Å². The van der Waals surface area contributed by atoms with Crippen LogP contribution in [-0.4, -0.2) is 26.6 Å². The highest BCUT2D eigenvalue weighted by Crippen LogP contribution is 2.23. The lowest BCUT2D eigenvalue weighted by Crippen LogP contribution is -2.29. The van der Waals surface area contributed by atoms with Gasteiger partial charge in [0.25, 0.3) is 11.5 Å². The number of nitrogens with one attached hydrogen (secondary N) is 2. The SMILES string of the molecule is O=C(Cn1ncc2ccccc2c1=O)Nc1cc(F)ccc1NC(=O)c1ccccn1. The van der Waals surface area contributed by atoms with Gasteiger partial charge in [-0.3, -0.25) is 19.4 Å². The Morgan fingerprint density at radius 2 is 1.77 bits per heavy atom. The second-order valence-electron chi connectivity index (χ2n) is 6.60. The first-order valence-electron chi connectivity index (χ1n) is 9.28. The summed E-state index contributed by atoms with van der Waals surface area (Å²) in [5.74, 6) is -1.73. The highest BCUT2D eigenvalue weighted by molar-refractivity contribution is 6.06. The number of fused-ring (bicyclic) bond motifs is 1. The molecule has 4 aromatic rings. The zero-order chi connectivity index (χ0) is 21.8. The molecule has 2 N–H and O–H groups in total. The van der Waals surface area contributed by atoms with Crippen molar-refractivity contribution in [2.75, 3.05) is 10.6 Å². The van der Waals surface area contributed by atoms with Crippen LogP contribution in [0.5, 0.6) is 0 Å². The second-order valence-corrected chi connectivity index (χ2v) is 6.60. The molecule has 4 rings (SSSR count). The quantitative estimate of drug-likeness (QED) is 0.519. The zero-order valence-corrected chi connectivity index (χ0v) is 16.1. The van der Waals surface area contributed by atoms with Crippen molar-refractivity contribution in [2.24, 2.45) is 0 Å². The molecule has 0 radical (unpaired) electrons. The van der Waals surface area contributed by atoms with Crippen molar-refractivity contribution in [3.05, 3.63) is 94.9 Å². The summed E-state index contributed by atoms with van der Waals surface area (Å²) in [5, 5.41) is 10.2. The predicted molar refractivity (Wildman–Crippen MR) is 113 cm³/mol. The Morgan fingerprint density at radius 1 is 0.968 bits per heavy atom. The van der Waals surface area contributed by atoms with Crippen LogP contribution in [0.2, 0.25) is 0 Å². The first-order chi connectivity index (χ1) is 15.0. The van der Waals surface area contributed by atoms with Gasteiger partial charge in [-0.25, -0.2) is 9.07 Å². The summed E-state index contributed by atoms with van der Waals surface area (Å²) < 4.78 is 14.8. The summed E-state index contributed by atoms with van der Waals surface area (Å²) >= 11 is 0. The van der Waals surface area contributed by atoms with Gasteiger partial charge in [0, 0.05) is 11.6 Å². The fourth-order valence-corrected chi connectivity index (χ4v) is 2.98. The van der Waals surface area contributed by atoms with Crippen LogP contribution in [0.15, 0.2) is 77.9 Å². The van der Waals surface area contributed by atoms with Gasteiger partial charge in [-0.15, -0.1) is 0 Å². The van der Waals surface area contributed by atoms with E-state index in [1.54, 1.807) is 36.4 Å². The number of amides is 2. The normalized spacial score (nSPS) is 10.6. The number of hydrogen-bond donors (Lipinski definition) is 2. The monoisotopic (exact) mass is 417 g/mol. The van der Waals surface area contributed by atoms with Gasteiger partial charge in [-0.05, 0) is 36.4 Å². The molecule has 0 bridgehead atoms. The molecule has 2 heterocycles. The maximum Gasteiger partial charge on any atom is 0.275 e. The van der Waals surface area contributed by atoms with Crippen molar-refractivity contribution in [1.29, 1.82) is 0 Å². The molecule has 0 saturated carbocycles. The highest BCUT2D eigenvalue weighted by atomic mass is 19.1. The number of aromatic nitrogens is 3. The van der Waals surface area contributed by atoms with E-state index < -0.39 is 23.2 Å². The molecule has 0 saturated heterocycles. The molecule has 2 aromatic heterocycles. The Morgan fingerprint density at radius 3 is 2.58 bits per heavy atom. The summed E-state index contributed by atoms with van der Waals surface area (Å²) in [5.41, 5.74) is -0.0282. The number of carbonyl (C=O) groups is 2. The molecule has 2 amide bonds. The third-order valence-corrected chi connectivity index (χ3v) is 4.46. The molecule has 31 heavy (non-hydrogen) atoms. The summed E-state index contributed by atoms with van der Waals surface area (Å²) in [6.07, 6.45) is 2.96. The Hall–Kier alpha value is -4.40. The van der Waals surface area contributed by atoms with Crippen molar-refractivity contribution in [1.82, 2.24) is 14.8 Å². The van der Waals surface area contributed by atoms with E-state index in [1.165, 1.54) is 24.5 Å². The van der Waals surface area contributed by atoms with Crippen LogP contribution < -0.4 is 16.2 Å². The van der Waals surface area contributed by atoms with Gasteiger partial charge in [0.2, 0.25) is 5.91 Å². The molecule has 0 fully saturated rings. The van der Waals surface area contributed by atoms with Crippen molar-refractivity contribution >= 4 is 34.0 Å². The minimum Gasteiger partial charge on any atom is -0.323 e. The topological polar surface area (TPSA) is 106 Å². The minimum atomic E-state index is -0.608. The third kappa shape index (κ3) is 4.45. The number of benzene rings is 2. The van der Waals surface area contributed by atoms with Gasteiger partial charge in [0.15, 0.2) is 0 Å². The van der Waals surface area contributed by atoms with Gasteiger partial charge in [0.05, 0.1) is 23.0 Å². The number of anilines is 2. The number of hydrogen-bond acceptors (Lipinski definition) is 5. The lowest BCUT2D eigenvalue weighted by Gasteiger charge is -2.13. The predicted octanol–water partition coefficient (Wildman–Crippen LogP) is 2.82. The number of carbonyl (C=O) groups excluding carboxylic acids is 2. The number of rotatable bonds is 5. The largest absolute Gasteiger partial charge is 0.323 e. The zero-order valence-electron chi connectivity index (χ0n) is 16.1. The minimum absolute atomic E-state index is 0.0446. The van der Waals surface area contributed by atoms with E-state index in [2.05, 4.69) is 20.7 Å². The number of pyridine rings is 1. The van der Waals surface area contributed by atoms with E-state index in [1.807, 2.05) is 0 Å². The van der Waals surface area contributed by atoms with Gasteiger partial charge in [0.1, 0.15) is 18.1 Å². The average Bonchev–Trinajstić information content (AvgIpc) is 2.78. The van der Waals surface area contributed by atoms with Gasteiger partial charge < -0.3 is 10.6 Å². The molecule has 9 heteroatoms. The summed E-state index contributed by atoms with van der Waals surface area (Å²) in [6, 6.07) is 15.3.